The molecule has 8 heteroatoms. The number of carbonyl (C=O) groups is 4. The van der Waals surface area contributed by atoms with Crippen molar-refractivity contribution in [3.05, 3.63) is 59.7 Å². The predicted molar refractivity (Wildman–Crippen MR) is 102 cm³/mol. The van der Waals surface area contributed by atoms with Gasteiger partial charge in [-0.3, -0.25) is 9.59 Å². The van der Waals surface area contributed by atoms with E-state index in [1.165, 1.54) is 44.2 Å². The Hall–Kier alpha value is -3.68. The number of rotatable bonds is 6. The minimum absolute atomic E-state index is 0.241. The molecule has 0 unspecified atom stereocenters. The normalized spacial score (nSPS) is 9.96. The van der Waals surface area contributed by atoms with Crippen molar-refractivity contribution in [2.24, 2.45) is 0 Å². The highest BCUT2D eigenvalue weighted by Crippen LogP contribution is 2.17. The monoisotopic (exact) mass is 384 g/mol. The molecular weight excluding hydrogens is 364 g/mol. The van der Waals surface area contributed by atoms with Crippen molar-refractivity contribution in [3.8, 4) is 0 Å². The number of ether oxygens (including phenoxy) is 2. The maximum absolute atomic E-state index is 12.4. The number of esters is 2. The summed E-state index contributed by atoms with van der Waals surface area (Å²) in [5.41, 5.74) is 1.48. The average Bonchev–Trinajstić information content (AvgIpc) is 2.71. The molecule has 2 aromatic rings. The fraction of sp³-hybridized carbons (Fsp3) is 0.200. The van der Waals surface area contributed by atoms with Gasteiger partial charge in [-0.25, -0.2) is 9.59 Å². The van der Waals surface area contributed by atoms with Crippen LogP contribution in [0, 0.1) is 0 Å². The Morgan fingerprint density at radius 2 is 1.50 bits per heavy atom. The van der Waals surface area contributed by atoms with Gasteiger partial charge in [-0.1, -0.05) is 6.07 Å². The molecule has 0 aliphatic rings. The van der Waals surface area contributed by atoms with Crippen LogP contribution in [-0.4, -0.2) is 44.5 Å². The molecule has 1 N–H and O–H groups in total. The summed E-state index contributed by atoms with van der Waals surface area (Å²) in [5, 5.41) is 2.64. The Morgan fingerprint density at radius 1 is 0.893 bits per heavy atom. The molecule has 0 saturated heterocycles. The Kier molecular flexibility index (Phi) is 6.86. The number of nitrogens with zero attached hydrogens (tertiary/aromatic N) is 1. The Morgan fingerprint density at radius 3 is 2.07 bits per heavy atom. The molecule has 0 bridgehead atoms. The molecule has 8 nitrogen and oxygen atoms in total. The number of carbonyl (C=O) groups excluding carboxylic acids is 4. The van der Waals surface area contributed by atoms with E-state index in [0.717, 1.165) is 0 Å². The van der Waals surface area contributed by atoms with Crippen LogP contribution in [-0.2, 0) is 19.1 Å². The second-order valence-electron chi connectivity index (χ2n) is 5.76. The molecule has 28 heavy (non-hydrogen) atoms. The van der Waals surface area contributed by atoms with E-state index in [-0.39, 0.29) is 12.5 Å². The first kappa shape index (κ1) is 20.6. The van der Waals surface area contributed by atoms with Crippen LogP contribution in [0.2, 0.25) is 0 Å². The molecule has 146 valence electrons. The molecule has 2 rings (SSSR count). The lowest BCUT2D eigenvalue weighted by Crippen LogP contribution is -2.36. The summed E-state index contributed by atoms with van der Waals surface area (Å²) in [6.45, 7) is 1.09. The number of methoxy groups -OCH3 is 2. The van der Waals surface area contributed by atoms with Gasteiger partial charge in [0, 0.05) is 18.3 Å². The lowest BCUT2D eigenvalue weighted by atomic mass is 10.2. The molecule has 0 atom stereocenters. The van der Waals surface area contributed by atoms with Gasteiger partial charge in [-0.05, 0) is 42.5 Å². The van der Waals surface area contributed by atoms with E-state index in [9.17, 15) is 19.2 Å². The summed E-state index contributed by atoms with van der Waals surface area (Å²) in [6.07, 6.45) is 0. The van der Waals surface area contributed by atoms with Gasteiger partial charge in [0.25, 0.3) is 0 Å². The molecular formula is C20H20N2O6. The minimum atomic E-state index is -0.521. The first-order valence-corrected chi connectivity index (χ1v) is 8.30. The zero-order chi connectivity index (χ0) is 20.7. The zero-order valence-corrected chi connectivity index (χ0v) is 15.7. The molecule has 0 radical (unpaired) electrons. The standard InChI is InChI=1S/C20H20N2O6/c1-13(23)22(17-9-7-14(8-10-17)19(25)27-2)12-18(24)21-16-6-4-5-15(11-16)20(26)28-3/h4-11H,12H2,1-3H3,(H,21,24). The van der Waals surface area contributed by atoms with E-state index in [2.05, 4.69) is 14.8 Å². The van der Waals surface area contributed by atoms with Gasteiger partial charge in [-0.2, -0.15) is 0 Å². The molecule has 0 fully saturated rings. The van der Waals surface area contributed by atoms with Crippen LogP contribution in [0.25, 0.3) is 0 Å². The molecule has 0 aromatic heterocycles. The predicted octanol–water partition coefficient (Wildman–Crippen LogP) is 2.25. The van der Waals surface area contributed by atoms with E-state index in [1.54, 1.807) is 30.3 Å². The Bertz CT molecular complexity index is 892. The van der Waals surface area contributed by atoms with Gasteiger partial charge in [0.15, 0.2) is 0 Å². The van der Waals surface area contributed by atoms with E-state index >= 15 is 0 Å². The van der Waals surface area contributed by atoms with Gasteiger partial charge in [0.05, 0.1) is 25.3 Å². The molecule has 0 aliphatic heterocycles. The van der Waals surface area contributed by atoms with Crippen LogP contribution < -0.4 is 10.2 Å². The number of nitrogens with one attached hydrogen (secondary N) is 1. The fourth-order valence-corrected chi connectivity index (χ4v) is 2.47. The van der Waals surface area contributed by atoms with Crippen molar-refractivity contribution < 1.29 is 28.7 Å². The van der Waals surface area contributed by atoms with Crippen molar-refractivity contribution in [3.63, 3.8) is 0 Å². The number of hydrogen-bond donors (Lipinski definition) is 1. The third-order valence-electron chi connectivity index (χ3n) is 3.85. The molecule has 2 aromatic carbocycles. The van der Waals surface area contributed by atoms with Gasteiger partial charge >= 0.3 is 11.9 Å². The summed E-state index contributed by atoms with van der Waals surface area (Å²) in [7, 11) is 2.54. The maximum Gasteiger partial charge on any atom is 0.337 e. The smallest absolute Gasteiger partial charge is 0.337 e. The highest BCUT2D eigenvalue weighted by Gasteiger charge is 2.17. The van der Waals surface area contributed by atoms with Gasteiger partial charge < -0.3 is 19.7 Å². The zero-order valence-electron chi connectivity index (χ0n) is 15.7. The van der Waals surface area contributed by atoms with Crippen molar-refractivity contribution in [1.29, 1.82) is 0 Å². The summed E-state index contributed by atoms with van der Waals surface area (Å²) >= 11 is 0. The number of benzene rings is 2. The molecule has 0 heterocycles. The number of hydrogen-bond acceptors (Lipinski definition) is 6. The largest absolute Gasteiger partial charge is 0.465 e. The topological polar surface area (TPSA) is 102 Å². The molecule has 0 saturated carbocycles. The second kappa shape index (κ2) is 9.31. The minimum Gasteiger partial charge on any atom is -0.465 e. The Labute approximate surface area is 162 Å². The summed E-state index contributed by atoms with van der Waals surface area (Å²) in [6, 6.07) is 12.4. The van der Waals surface area contributed by atoms with Gasteiger partial charge in [0.2, 0.25) is 11.8 Å². The SMILES string of the molecule is COC(=O)c1ccc(N(CC(=O)Nc2cccc(C(=O)OC)c2)C(C)=O)cc1. The quantitative estimate of drug-likeness (QED) is 0.767. The van der Waals surface area contributed by atoms with E-state index in [4.69, 9.17) is 0 Å². The lowest BCUT2D eigenvalue weighted by molar-refractivity contribution is -0.120. The average molecular weight is 384 g/mol. The van der Waals surface area contributed by atoms with Crippen LogP contribution in [0.4, 0.5) is 11.4 Å². The van der Waals surface area contributed by atoms with Crippen LogP contribution in [0.15, 0.2) is 48.5 Å². The van der Waals surface area contributed by atoms with Crippen LogP contribution in [0.3, 0.4) is 0 Å². The third-order valence-corrected chi connectivity index (χ3v) is 3.85. The summed E-state index contributed by atoms with van der Waals surface area (Å²) in [5.74, 6) is -1.81. The summed E-state index contributed by atoms with van der Waals surface area (Å²) in [4.78, 5) is 48.7. The van der Waals surface area contributed by atoms with Crippen LogP contribution in [0.5, 0.6) is 0 Å². The van der Waals surface area contributed by atoms with E-state index in [1.807, 2.05) is 0 Å². The van der Waals surface area contributed by atoms with Crippen molar-refractivity contribution in [2.75, 3.05) is 31.0 Å². The highest BCUT2D eigenvalue weighted by molar-refractivity contribution is 6.02. The van der Waals surface area contributed by atoms with Gasteiger partial charge in [-0.15, -0.1) is 0 Å². The Balaban J connectivity index is 2.12. The van der Waals surface area contributed by atoms with Crippen molar-refractivity contribution >= 4 is 35.1 Å². The van der Waals surface area contributed by atoms with Crippen molar-refractivity contribution in [2.45, 2.75) is 6.92 Å². The van der Waals surface area contributed by atoms with E-state index in [0.29, 0.717) is 22.5 Å². The molecule has 2 amide bonds. The summed E-state index contributed by atoms with van der Waals surface area (Å²) < 4.78 is 9.28. The maximum atomic E-state index is 12.4. The first-order valence-electron chi connectivity index (χ1n) is 8.30. The fourth-order valence-electron chi connectivity index (χ4n) is 2.47. The van der Waals surface area contributed by atoms with E-state index < -0.39 is 17.8 Å². The van der Waals surface area contributed by atoms with Crippen LogP contribution >= 0.6 is 0 Å². The second-order valence-corrected chi connectivity index (χ2v) is 5.76. The van der Waals surface area contributed by atoms with Gasteiger partial charge in [0.1, 0.15) is 6.54 Å². The first-order chi connectivity index (χ1) is 13.3. The highest BCUT2D eigenvalue weighted by atomic mass is 16.5. The number of amides is 2. The lowest BCUT2D eigenvalue weighted by Gasteiger charge is -2.21. The van der Waals surface area contributed by atoms with Crippen LogP contribution in [0.1, 0.15) is 27.6 Å². The third kappa shape index (κ3) is 5.16. The molecule has 0 spiro atoms. The number of anilines is 2. The molecule has 0 aliphatic carbocycles. The van der Waals surface area contributed by atoms with Crippen molar-refractivity contribution in [1.82, 2.24) is 0 Å².